The molecule has 0 aliphatic heterocycles. The number of rotatable bonds is 5. The van der Waals surface area contributed by atoms with Crippen LogP contribution >= 0.6 is 7.37 Å². The van der Waals surface area contributed by atoms with Crippen LogP contribution in [0, 0.1) is 0 Å². The Bertz CT molecular complexity index is 124. The standard InChI is InChI=1S/C6H15O3P/c1-2-3-5-10(8,9)6-4-7/h7H,2-6H2,1H3,(H,8,9). The highest BCUT2D eigenvalue weighted by Crippen LogP contribution is 2.40. The normalized spacial score (nSPS) is 16.7. The maximum atomic E-state index is 11.0. The van der Waals surface area contributed by atoms with Gasteiger partial charge in [0.1, 0.15) is 0 Å². The van der Waals surface area contributed by atoms with Gasteiger partial charge in [0, 0.05) is 12.3 Å². The lowest BCUT2D eigenvalue weighted by Crippen LogP contribution is -1.98. The molecule has 10 heavy (non-hydrogen) atoms. The minimum Gasteiger partial charge on any atom is -0.396 e. The molecule has 0 heterocycles. The van der Waals surface area contributed by atoms with E-state index in [1.807, 2.05) is 6.92 Å². The van der Waals surface area contributed by atoms with Gasteiger partial charge in [-0.3, -0.25) is 4.57 Å². The lowest BCUT2D eigenvalue weighted by molar-refractivity contribution is 0.314. The highest BCUT2D eigenvalue weighted by Gasteiger charge is 2.15. The molecule has 62 valence electrons. The summed E-state index contributed by atoms with van der Waals surface area (Å²) in [7, 11) is -2.96. The average Bonchev–Trinajstić information content (AvgIpc) is 1.84. The number of aliphatic hydroxyl groups excluding tert-OH is 1. The van der Waals surface area contributed by atoms with Gasteiger partial charge in [-0.15, -0.1) is 0 Å². The predicted octanol–water partition coefficient (Wildman–Crippen LogP) is 1.05. The monoisotopic (exact) mass is 166 g/mol. The van der Waals surface area contributed by atoms with Crippen molar-refractivity contribution in [2.45, 2.75) is 19.8 Å². The van der Waals surface area contributed by atoms with Crippen LogP contribution in [0.25, 0.3) is 0 Å². The second kappa shape index (κ2) is 4.89. The Hall–Kier alpha value is 0.150. The van der Waals surface area contributed by atoms with Gasteiger partial charge in [0.25, 0.3) is 0 Å². The van der Waals surface area contributed by atoms with E-state index < -0.39 is 7.37 Å². The van der Waals surface area contributed by atoms with Crippen molar-refractivity contribution in [1.29, 1.82) is 0 Å². The molecule has 1 unspecified atom stereocenters. The van der Waals surface area contributed by atoms with Gasteiger partial charge in [-0.1, -0.05) is 13.3 Å². The Kier molecular flexibility index (Phi) is 4.96. The van der Waals surface area contributed by atoms with Crippen LogP contribution in [0.4, 0.5) is 0 Å². The van der Waals surface area contributed by atoms with Crippen LogP contribution in [-0.4, -0.2) is 28.9 Å². The number of hydrogen-bond donors (Lipinski definition) is 2. The van der Waals surface area contributed by atoms with Crippen molar-refractivity contribution in [2.75, 3.05) is 18.9 Å². The molecule has 0 rings (SSSR count). The molecule has 0 bridgehead atoms. The van der Waals surface area contributed by atoms with E-state index in [4.69, 9.17) is 10.00 Å². The van der Waals surface area contributed by atoms with Crippen LogP contribution in [0.5, 0.6) is 0 Å². The first-order chi connectivity index (χ1) is 4.62. The van der Waals surface area contributed by atoms with Crippen LogP contribution in [0.1, 0.15) is 19.8 Å². The van der Waals surface area contributed by atoms with Crippen molar-refractivity contribution < 1.29 is 14.6 Å². The molecule has 0 aromatic rings. The SMILES string of the molecule is CCCCP(=O)(O)CCO. The van der Waals surface area contributed by atoms with Crippen LogP contribution in [-0.2, 0) is 4.57 Å². The van der Waals surface area contributed by atoms with Gasteiger partial charge in [0.15, 0.2) is 0 Å². The minimum absolute atomic E-state index is 0.0486. The predicted molar refractivity (Wildman–Crippen MR) is 41.6 cm³/mol. The molecule has 0 fully saturated rings. The highest BCUT2D eigenvalue weighted by atomic mass is 31.2. The van der Waals surface area contributed by atoms with Crippen molar-refractivity contribution >= 4 is 7.37 Å². The van der Waals surface area contributed by atoms with E-state index in [0.29, 0.717) is 6.16 Å². The Labute approximate surface area is 61.5 Å². The quantitative estimate of drug-likeness (QED) is 0.600. The Morgan fingerprint density at radius 3 is 2.40 bits per heavy atom. The molecular weight excluding hydrogens is 151 g/mol. The Morgan fingerprint density at radius 1 is 1.40 bits per heavy atom. The lowest BCUT2D eigenvalue weighted by Gasteiger charge is -2.07. The first-order valence-corrected chi connectivity index (χ1v) is 5.57. The Balaban J connectivity index is 3.53. The van der Waals surface area contributed by atoms with Crippen LogP contribution in [0.2, 0.25) is 0 Å². The van der Waals surface area contributed by atoms with Crippen molar-refractivity contribution in [3.63, 3.8) is 0 Å². The third-order valence-electron chi connectivity index (χ3n) is 1.31. The topological polar surface area (TPSA) is 57.5 Å². The minimum atomic E-state index is -2.96. The maximum absolute atomic E-state index is 11.0. The van der Waals surface area contributed by atoms with Gasteiger partial charge >= 0.3 is 0 Å². The summed E-state index contributed by atoms with van der Waals surface area (Å²) in [6.45, 7) is 1.79. The molecule has 0 radical (unpaired) electrons. The molecule has 0 saturated heterocycles. The van der Waals surface area contributed by atoms with E-state index in [-0.39, 0.29) is 12.8 Å². The molecule has 3 nitrogen and oxygen atoms in total. The van der Waals surface area contributed by atoms with E-state index in [1.165, 1.54) is 0 Å². The molecule has 4 heteroatoms. The molecule has 0 aromatic carbocycles. The molecule has 2 N–H and O–H groups in total. The van der Waals surface area contributed by atoms with Crippen molar-refractivity contribution in [2.24, 2.45) is 0 Å². The number of aliphatic hydroxyl groups is 1. The van der Waals surface area contributed by atoms with E-state index >= 15 is 0 Å². The summed E-state index contributed by atoms with van der Waals surface area (Å²) in [5.41, 5.74) is 0. The van der Waals surface area contributed by atoms with Crippen LogP contribution < -0.4 is 0 Å². The molecule has 0 spiro atoms. The first-order valence-electron chi connectivity index (χ1n) is 3.54. The number of hydrogen-bond acceptors (Lipinski definition) is 2. The maximum Gasteiger partial charge on any atom is 0.202 e. The van der Waals surface area contributed by atoms with Gasteiger partial charge in [0.05, 0.1) is 6.61 Å². The van der Waals surface area contributed by atoms with Crippen LogP contribution in [0.3, 0.4) is 0 Å². The highest BCUT2D eigenvalue weighted by molar-refractivity contribution is 7.58. The lowest BCUT2D eigenvalue weighted by atomic mass is 10.4. The summed E-state index contributed by atoms with van der Waals surface area (Å²) >= 11 is 0. The van der Waals surface area contributed by atoms with Gasteiger partial charge in [-0.2, -0.15) is 0 Å². The molecule has 0 aliphatic rings. The first kappa shape index (κ1) is 10.2. The van der Waals surface area contributed by atoms with Crippen molar-refractivity contribution in [3.05, 3.63) is 0 Å². The summed E-state index contributed by atoms with van der Waals surface area (Å²) in [6, 6.07) is 0. The van der Waals surface area contributed by atoms with Gasteiger partial charge < -0.3 is 10.00 Å². The van der Waals surface area contributed by atoms with Gasteiger partial charge in [-0.05, 0) is 6.42 Å². The summed E-state index contributed by atoms with van der Waals surface area (Å²) in [5.74, 6) is 0. The summed E-state index contributed by atoms with van der Waals surface area (Å²) < 4.78 is 11.0. The van der Waals surface area contributed by atoms with Crippen LogP contribution in [0.15, 0.2) is 0 Å². The summed E-state index contributed by atoms with van der Waals surface area (Å²) in [4.78, 5) is 9.04. The van der Waals surface area contributed by atoms with E-state index in [1.54, 1.807) is 0 Å². The molecular formula is C6H15O3P. The molecule has 0 saturated carbocycles. The molecule has 0 amide bonds. The fourth-order valence-corrected chi connectivity index (χ4v) is 2.02. The summed E-state index contributed by atoms with van der Waals surface area (Å²) in [6.07, 6.45) is 2.10. The second-order valence-electron chi connectivity index (χ2n) is 2.37. The summed E-state index contributed by atoms with van der Waals surface area (Å²) in [5, 5.41) is 8.37. The third kappa shape index (κ3) is 4.98. The third-order valence-corrected chi connectivity index (χ3v) is 3.22. The zero-order valence-electron chi connectivity index (χ0n) is 6.29. The van der Waals surface area contributed by atoms with E-state index in [9.17, 15) is 4.57 Å². The van der Waals surface area contributed by atoms with E-state index in [0.717, 1.165) is 12.8 Å². The Morgan fingerprint density at radius 2 is 2.00 bits per heavy atom. The van der Waals surface area contributed by atoms with E-state index in [2.05, 4.69) is 0 Å². The smallest absolute Gasteiger partial charge is 0.202 e. The molecule has 0 aromatic heterocycles. The van der Waals surface area contributed by atoms with Crippen molar-refractivity contribution in [3.8, 4) is 0 Å². The fraction of sp³-hybridized carbons (Fsp3) is 1.00. The number of unbranched alkanes of at least 4 members (excludes halogenated alkanes) is 1. The molecule has 0 aliphatic carbocycles. The largest absolute Gasteiger partial charge is 0.396 e. The second-order valence-corrected chi connectivity index (χ2v) is 4.96. The van der Waals surface area contributed by atoms with Gasteiger partial charge in [-0.25, -0.2) is 0 Å². The zero-order valence-corrected chi connectivity index (χ0v) is 7.18. The fourth-order valence-electron chi connectivity index (χ4n) is 0.673. The molecule has 1 atom stereocenters. The van der Waals surface area contributed by atoms with Crippen molar-refractivity contribution in [1.82, 2.24) is 0 Å². The van der Waals surface area contributed by atoms with Gasteiger partial charge in [0.2, 0.25) is 7.37 Å². The zero-order chi connectivity index (χ0) is 8.04. The average molecular weight is 166 g/mol.